The molecule has 0 bridgehead atoms. The Hall–Kier alpha value is -2.57. The maximum absolute atomic E-state index is 13.2. The van der Waals surface area contributed by atoms with Crippen LogP contribution in [-0.2, 0) is 31.1 Å². The second-order valence-electron chi connectivity index (χ2n) is 6.39. The first-order valence-electron chi connectivity index (χ1n) is 8.22. The van der Waals surface area contributed by atoms with E-state index in [9.17, 15) is 14.7 Å². The number of carboxylic acids is 1. The lowest BCUT2D eigenvalue weighted by atomic mass is 9.94. The molecule has 0 aromatic carbocycles. The van der Waals surface area contributed by atoms with Gasteiger partial charge in [-0.05, 0) is 31.7 Å². The van der Waals surface area contributed by atoms with Crippen LogP contribution in [0, 0.1) is 0 Å². The zero-order valence-corrected chi connectivity index (χ0v) is 13.5. The van der Waals surface area contributed by atoms with Crippen LogP contribution in [0.3, 0.4) is 0 Å². The number of aliphatic carboxylic acids is 1. The highest BCUT2D eigenvalue weighted by atomic mass is 16.4. The Bertz CT molecular complexity index is 820. The molecule has 0 spiro atoms. The quantitative estimate of drug-likeness (QED) is 0.906. The van der Waals surface area contributed by atoms with Crippen molar-refractivity contribution < 1.29 is 19.1 Å². The van der Waals surface area contributed by atoms with Crippen molar-refractivity contribution in [2.45, 2.75) is 38.1 Å². The molecular weight excluding hydrogens is 310 g/mol. The van der Waals surface area contributed by atoms with Gasteiger partial charge < -0.3 is 14.4 Å². The monoisotopic (exact) mass is 329 g/mol. The van der Waals surface area contributed by atoms with E-state index in [1.54, 1.807) is 17.8 Å². The van der Waals surface area contributed by atoms with E-state index in [0.29, 0.717) is 30.0 Å². The molecule has 3 heterocycles. The van der Waals surface area contributed by atoms with E-state index < -0.39 is 12.0 Å². The van der Waals surface area contributed by atoms with Gasteiger partial charge >= 0.3 is 5.97 Å². The van der Waals surface area contributed by atoms with Gasteiger partial charge in [0.05, 0.1) is 12.0 Å². The van der Waals surface area contributed by atoms with Crippen LogP contribution >= 0.6 is 0 Å². The van der Waals surface area contributed by atoms with E-state index >= 15 is 0 Å². The number of carboxylic acid groups (broad SMARTS) is 1. The zero-order chi connectivity index (χ0) is 16.8. The number of fused-ring (bicyclic) bond motifs is 2. The minimum Gasteiger partial charge on any atom is -0.479 e. The van der Waals surface area contributed by atoms with Crippen LogP contribution in [0.2, 0.25) is 0 Å². The number of aryl methyl sites for hydroxylation is 2. The summed E-state index contributed by atoms with van der Waals surface area (Å²) in [6.07, 6.45) is 5.83. The van der Waals surface area contributed by atoms with Gasteiger partial charge in [-0.15, -0.1) is 0 Å². The highest BCUT2D eigenvalue weighted by Gasteiger charge is 2.40. The van der Waals surface area contributed by atoms with Crippen LogP contribution in [0.15, 0.2) is 16.7 Å². The van der Waals surface area contributed by atoms with Gasteiger partial charge in [-0.1, -0.05) is 0 Å². The highest BCUT2D eigenvalue weighted by Crippen LogP contribution is 2.33. The van der Waals surface area contributed by atoms with Gasteiger partial charge in [0, 0.05) is 31.1 Å². The first kappa shape index (κ1) is 15.0. The van der Waals surface area contributed by atoms with E-state index in [4.69, 9.17) is 4.42 Å². The summed E-state index contributed by atoms with van der Waals surface area (Å²) in [5.74, 6) is -0.646. The molecule has 1 aliphatic heterocycles. The number of hydrogen-bond acceptors (Lipinski definition) is 4. The van der Waals surface area contributed by atoms with Crippen LogP contribution in [0.1, 0.15) is 52.0 Å². The van der Waals surface area contributed by atoms with Crippen molar-refractivity contribution in [2.75, 3.05) is 6.54 Å². The van der Waals surface area contributed by atoms with Crippen molar-refractivity contribution >= 4 is 11.9 Å². The van der Waals surface area contributed by atoms with E-state index in [0.717, 1.165) is 36.9 Å². The molecule has 126 valence electrons. The SMILES string of the molecule is Cn1nc2c(c1C(=O)N1CCc3occc3C1C(=O)O)CCCC2. The predicted octanol–water partition coefficient (Wildman–Crippen LogP) is 1.72. The number of rotatable bonds is 2. The standard InChI is InChI=1S/C17H19N3O4/c1-19-14(10-4-2-3-5-12(10)18-19)16(21)20-8-6-13-11(7-9-24-13)15(20)17(22)23/h7,9,15H,2-6,8H2,1H3,(H,22,23). The fraction of sp³-hybridized carbons (Fsp3) is 0.471. The summed E-state index contributed by atoms with van der Waals surface area (Å²) >= 11 is 0. The van der Waals surface area contributed by atoms with E-state index in [2.05, 4.69) is 5.10 Å². The minimum absolute atomic E-state index is 0.257. The number of furan rings is 1. The minimum atomic E-state index is -1.04. The molecule has 7 heteroatoms. The molecule has 4 rings (SSSR count). The Labute approximate surface area is 138 Å². The average Bonchev–Trinajstić information content (AvgIpc) is 3.15. The molecule has 1 aliphatic carbocycles. The van der Waals surface area contributed by atoms with Crippen LogP contribution in [0.5, 0.6) is 0 Å². The van der Waals surface area contributed by atoms with E-state index in [-0.39, 0.29) is 5.91 Å². The van der Waals surface area contributed by atoms with E-state index in [1.165, 1.54) is 11.2 Å². The lowest BCUT2D eigenvalue weighted by Crippen LogP contribution is -2.44. The molecule has 1 unspecified atom stereocenters. The lowest BCUT2D eigenvalue weighted by molar-refractivity contribution is -0.143. The Morgan fingerprint density at radius 1 is 1.29 bits per heavy atom. The van der Waals surface area contributed by atoms with Crippen LogP contribution in [0.4, 0.5) is 0 Å². The molecule has 0 saturated heterocycles. The average molecular weight is 329 g/mol. The molecule has 24 heavy (non-hydrogen) atoms. The zero-order valence-electron chi connectivity index (χ0n) is 13.5. The molecule has 7 nitrogen and oxygen atoms in total. The molecule has 0 fully saturated rings. The highest BCUT2D eigenvalue weighted by molar-refractivity contribution is 5.97. The first-order valence-corrected chi connectivity index (χ1v) is 8.22. The number of nitrogens with zero attached hydrogens (tertiary/aromatic N) is 3. The van der Waals surface area contributed by atoms with Crippen molar-refractivity contribution in [3.8, 4) is 0 Å². The van der Waals surface area contributed by atoms with Crippen LogP contribution in [-0.4, -0.2) is 38.2 Å². The summed E-state index contributed by atoms with van der Waals surface area (Å²) in [6, 6.07) is 0.640. The molecule has 1 N–H and O–H groups in total. The number of aromatic nitrogens is 2. The summed E-state index contributed by atoms with van der Waals surface area (Å²) in [6.45, 7) is 0.330. The van der Waals surface area contributed by atoms with Gasteiger partial charge in [-0.25, -0.2) is 4.79 Å². The van der Waals surface area contributed by atoms with E-state index in [1.807, 2.05) is 0 Å². The third-order valence-corrected chi connectivity index (χ3v) is 4.98. The number of amides is 1. The fourth-order valence-electron chi connectivity index (χ4n) is 3.89. The van der Waals surface area contributed by atoms with Gasteiger partial charge in [0.2, 0.25) is 0 Å². The molecule has 1 amide bonds. The molecule has 0 radical (unpaired) electrons. The van der Waals surface area contributed by atoms with Crippen molar-refractivity contribution in [3.63, 3.8) is 0 Å². The summed E-state index contributed by atoms with van der Waals surface area (Å²) < 4.78 is 6.96. The molecule has 2 aliphatic rings. The van der Waals surface area contributed by atoms with Crippen molar-refractivity contribution in [1.82, 2.24) is 14.7 Å². The van der Waals surface area contributed by atoms with Gasteiger partial charge in [0.25, 0.3) is 5.91 Å². The summed E-state index contributed by atoms with van der Waals surface area (Å²) in [7, 11) is 1.76. The molecular formula is C17H19N3O4. The molecule has 2 aromatic heterocycles. The lowest BCUT2D eigenvalue weighted by Gasteiger charge is -2.32. The molecule has 1 atom stereocenters. The third kappa shape index (κ3) is 2.15. The number of carbonyl (C=O) groups excluding carboxylic acids is 1. The topological polar surface area (TPSA) is 88.6 Å². The smallest absolute Gasteiger partial charge is 0.331 e. The second-order valence-corrected chi connectivity index (χ2v) is 6.39. The van der Waals surface area contributed by atoms with Gasteiger partial charge in [-0.2, -0.15) is 5.10 Å². The second kappa shape index (κ2) is 5.51. The molecule has 2 aromatic rings. The Morgan fingerprint density at radius 2 is 2.08 bits per heavy atom. The molecule has 0 saturated carbocycles. The summed E-state index contributed by atoms with van der Waals surface area (Å²) in [4.78, 5) is 26.4. The maximum Gasteiger partial charge on any atom is 0.331 e. The van der Waals surface area contributed by atoms with Gasteiger partial charge in [0.1, 0.15) is 11.5 Å². The van der Waals surface area contributed by atoms with Crippen LogP contribution in [0.25, 0.3) is 0 Å². The Kier molecular flexibility index (Phi) is 3.44. The van der Waals surface area contributed by atoms with Gasteiger partial charge in [-0.3, -0.25) is 9.48 Å². The number of carbonyl (C=O) groups is 2. The predicted molar refractivity (Wildman–Crippen MR) is 83.7 cm³/mol. The number of hydrogen-bond donors (Lipinski definition) is 1. The van der Waals surface area contributed by atoms with Crippen LogP contribution < -0.4 is 0 Å². The Morgan fingerprint density at radius 3 is 2.88 bits per heavy atom. The van der Waals surface area contributed by atoms with Crippen molar-refractivity contribution in [2.24, 2.45) is 7.05 Å². The fourth-order valence-corrected chi connectivity index (χ4v) is 3.89. The maximum atomic E-state index is 13.2. The largest absolute Gasteiger partial charge is 0.479 e. The van der Waals surface area contributed by atoms with Gasteiger partial charge in [0.15, 0.2) is 6.04 Å². The van der Waals surface area contributed by atoms with Crippen molar-refractivity contribution in [3.05, 3.63) is 40.6 Å². The summed E-state index contributed by atoms with van der Waals surface area (Å²) in [5, 5.41) is 14.1. The van der Waals surface area contributed by atoms with Crippen molar-refractivity contribution in [1.29, 1.82) is 0 Å². The third-order valence-electron chi connectivity index (χ3n) is 4.98. The first-order chi connectivity index (χ1) is 11.6. The normalized spacial score (nSPS) is 19.7. The Balaban J connectivity index is 1.75. The summed E-state index contributed by atoms with van der Waals surface area (Å²) in [5.41, 5.74) is 3.05.